The monoisotopic (exact) mass is 488 g/mol. The van der Waals surface area contributed by atoms with Gasteiger partial charge in [-0.1, -0.05) is 6.92 Å². The van der Waals surface area contributed by atoms with Crippen LogP contribution < -0.4 is 10.6 Å². The third kappa shape index (κ3) is 6.59. The van der Waals surface area contributed by atoms with Crippen molar-refractivity contribution in [2.75, 3.05) is 26.2 Å². The van der Waals surface area contributed by atoms with Crippen LogP contribution in [0.5, 0.6) is 0 Å². The van der Waals surface area contributed by atoms with E-state index in [2.05, 4.69) is 39.3 Å². The van der Waals surface area contributed by atoms with Crippen LogP contribution in [0.25, 0.3) is 0 Å². The molecule has 2 aromatic rings. The zero-order valence-electron chi connectivity index (χ0n) is 15.3. The van der Waals surface area contributed by atoms with Crippen molar-refractivity contribution in [3.05, 3.63) is 46.5 Å². The molecule has 26 heavy (non-hydrogen) atoms. The van der Waals surface area contributed by atoms with Crippen LogP contribution in [0.15, 0.2) is 44.6 Å². The molecule has 1 unspecified atom stereocenters. The number of hydrogen-bond donors (Lipinski definition) is 2. The Morgan fingerprint density at radius 3 is 3.04 bits per heavy atom. The van der Waals surface area contributed by atoms with Crippen molar-refractivity contribution in [1.82, 2.24) is 15.5 Å². The summed E-state index contributed by atoms with van der Waals surface area (Å²) in [6, 6.07) is 6.68. The summed E-state index contributed by atoms with van der Waals surface area (Å²) in [4.78, 5) is 7.30. The summed E-state index contributed by atoms with van der Waals surface area (Å²) >= 11 is 1.72. The number of halogens is 1. The first-order valence-corrected chi connectivity index (χ1v) is 10.1. The van der Waals surface area contributed by atoms with Crippen LogP contribution in [0.2, 0.25) is 0 Å². The Morgan fingerprint density at radius 1 is 1.38 bits per heavy atom. The second kappa shape index (κ2) is 11.6. The van der Waals surface area contributed by atoms with E-state index in [4.69, 9.17) is 9.41 Å². The number of likely N-dealkylation sites (tertiary alicyclic amines) is 1. The number of nitrogens with one attached hydrogen (secondary N) is 2. The predicted octanol–water partition coefficient (Wildman–Crippen LogP) is 3.72. The highest BCUT2D eigenvalue weighted by molar-refractivity contribution is 14.0. The van der Waals surface area contributed by atoms with Gasteiger partial charge < -0.3 is 15.1 Å². The summed E-state index contributed by atoms with van der Waals surface area (Å²) in [5, 5.41) is 11.2. The molecule has 5 nitrogen and oxygen atoms in total. The zero-order valence-corrected chi connectivity index (χ0v) is 18.5. The normalized spacial score (nSPS) is 17.9. The van der Waals surface area contributed by atoms with Crippen LogP contribution >= 0.6 is 35.3 Å². The van der Waals surface area contributed by atoms with E-state index in [-0.39, 0.29) is 24.0 Å². The summed E-state index contributed by atoms with van der Waals surface area (Å²) in [6.07, 6.45) is 5.15. The van der Waals surface area contributed by atoms with Gasteiger partial charge in [-0.25, -0.2) is 4.99 Å². The Labute approximate surface area is 177 Å². The predicted molar refractivity (Wildman–Crippen MR) is 120 cm³/mol. The molecule has 0 radical (unpaired) electrons. The summed E-state index contributed by atoms with van der Waals surface area (Å²) in [7, 11) is 0. The minimum Gasteiger partial charge on any atom is -0.469 e. The molecule has 0 aromatic carbocycles. The Bertz CT molecular complexity index is 630. The molecule has 0 saturated carbocycles. The molecule has 0 bridgehead atoms. The van der Waals surface area contributed by atoms with E-state index >= 15 is 0 Å². The lowest BCUT2D eigenvalue weighted by Gasteiger charge is -2.24. The van der Waals surface area contributed by atoms with Crippen molar-refractivity contribution in [2.45, 2.75) is 38.8 Å². The Balaban J connectivity index is 0.00000243. The molecule has 1 atom stereocenters. The van der Waals surface area contributed by atoms with Crippen molar-refractivity contribution >= 4 is 41.3 Å². The maximum Gasteiger partial charge on any atom is 0.191 e. The third-order valence-electron chi connectivity index (χ3n) is 4.65. The van der Waals surface area contributed by atoms with E-state index in [9.17, 15) is 0 Å². The number of nitrogens with zero attached hydrogens (tertiary/aromatic N) is 2. The van der Waals surface area contributed by atoms with Gasteiger partial charge in [-0.3, -0.25) is 4.90 Å². The molecule has 0 spiro atoms. The lowest BCUT2D eigenvalue weighted by Crippen LogP contribution is -2.45. The average Bonchev–Trinajstić information content (AvgIpc) is 3.39. The van der Waals surface area contributed by atoms with E-state index in [1.54, 1.807) is 17.6 Å². The van der Waals surface area contributed by atoms with E-state index in [0.717, 1.165) is 37.8 Å². The second-order valence-corrected chi connectivity index (χ2v) is 7.14. The molecule has 1 fully saturated rings. The number of likely N-dealkylation sites (N-methyl/N-ethyl adjacent to an activating group) is 1. The van der Waals surface area contributed by atoms with E-state index in [0.29, 0.717) is 12.6 Å². The molecule has 2 N–H and O–H groups in total. The number of furan rings is 1. The number of aliphatic imine (C=N–C) groups is 1. The van der Waals surface area contributed by atoms with Crippen molar-refractivity contribution in [2.24, 2.45) is 4.99 Å². The summed E-state index contributed by atoms with van der Waals surface area (Å²) in [6.45, 7) is 7.05. The van der Waals surface area contributed by atoms with E-state index in [1.165, 1.54) is 24.9 Å². The largest absolute Gasteiger partial charge is 0.469 e. The maximum absolute atomic E-state index is 5.40. The van der Waals surface area contributed by atoms with Crippen LogP contribution in [0.3, 0.4) is 0 Å². The number of guanidine groups is 1. The molecule has 7 heteroatoms. The first kappa shape index (κ1) is 21.2. The average molecular weight is 488 g/mol. The fraction of sp³-hybridized carbons (Fsp3) is 0.526. The van der Waals surface area contributed by atoms with Gasteiger partial charge in [-0.15, -0.1) is 24.0 Å². The fourth-order valence-electron chi connectivity index (χ4n) is 3.24. The molecule has 3 rings (SSSR count). The standard InChI is InChI=1S/C19H28N4OS.HI/c1-2-23-10-3-5-17(23)14-22-19(21-13-16-8-12-25-15-16)20-9-7-18-6-4-11-24-18;/h4,6,8,11-12,15,17H,2-3,5,7,9-10,13-14H2,1H3,(H2,20,21,22);1H. The van der Waals surface area contributed by atoms with Crippen LogP contribution in [0.4, 0.5) is 0 Å². The molecule has 1 saturated heterocycles. The highest BCUT2D eigenvalue weighted by atomic mass is 127. The molecular formula is C19H29IN4OS. The van der Waals surface area contributed by atoms with Gasteiger partial charge in [0.1, 0.15) is 5.76 Å². The van der Waals surface area contributed by atoms with Gasteiger partial charge in [0.2, 0.25) is 0 Å². The smallest absolute Gasteiger partial charge is 0.191 e. The lowest BCUT2D eigenvalue weighted by molar-refractivity contribution is 0.267. The molecule has 1 aliphatic rings. The summed E-state index contributed by atoms with van der Waals surface area (Å²) in [5.41, 5.74) is 1.26. The molecular weight excluding hydrogens is 459 g/mol. The van der Waals surface area contributed by atoms with Crippen molar-refractivity contribution < 1.29 is 4.42 Å². The molecule has 1 aliphatic heterocycles. The van der Waals surface area contributed by atoms with Gasteiger partial charge >= 0.3 is 0 Å². The van der Waals surface area contributed by atoms with Crippen molar-refractivity contribution in [3.8, 4) is 0 Å². The Hall–Kier alpha value is -1.06. The highest BCUT2D eigenvalue weighted by Crippen LogP contribution is 2.15. The highest BCUT2D eigenvalue weighted by Gasteiger charge is 2.22. The molecule has 0 aliphatic carbocycles. The molecule has 144 valence electrons. The Kier molecular flexibility index (Phi) is 9.49. The number of thiophene rings is 1. The molecule has 0 amide bonds. The van der Waals surface area contributed by atoms with Crippen molar-refractivity contribution in [3.63, 3.8) is 0 Å². The van der Waals surface area contributed by atoms with E-state index < -0.39 is 0 Å². The van der Waals surface area contributed by atoms with Crippen molar-refractivity contribution in [1.29, 1.82) is 0 Å². The minimum atomic E-state index is 0. The SMILES string of the molecule is CCN1CCCC1CNC(=NCc1ccsc1)NCCc1ccco1.I. The number of rotatable bonds is 8. The Morgan fingerprint density at radius 2 is 2.31 bits per heavy atom. The summed E-state index contributed by atoms with van der Waals surface area (Å²) < 4.78 is 5.40. The topological polar surface area (TPSA) is 52.8 Å². The second-order valence-electron chi connectivity index (χ2n) is 6.36. The van der Waals surface area contributed by atoms with Crippen LogP contribution in [-0.2, 0) is 13.0 Å². The van der Waals surface area contributed by atoms with Gasteiger partial charge in [0, 0.05) is 25.6 Å². The van der Waals surface area contributed by atoms with Crippen LogP contribution in [0, 0.1) is 0 Å². The molecule has 2 aromatic heterocycles. The first-order chi connectivity index (χ1) is 12.3. The van der Waals surface area contributed by atoms with Crippen LogP contribution in [-0.4, -0.2) is 43.1 Å². The molecule has 3 heterocycles. The van der Waals surface area contributed by atoms with Gasteiger partial charge in [-0.05, 0) is 60.5 Å². The van der Waals surface area contributed by atoms with Gasteiger partial charge in [0.25, 0.3) is 0 Å². The lowest BCUT2D eigenvalue weighted by atomic mass is 10.2. The fourth-order valence-corrected chi connectivity index (χ4v) is 3.90. The minimum absolute atomic E-state index is 0. The van der Waals surface area contributed by atoms with Crippen LogP contribution in [0.1, 0.15) is 31.1 Å². The number of hydrogen-bond acceptors (Lipinski definition) is 4. The quantitative estimate of drug-likeness (QED) is 0.338. The van der Waals surface area contributed by atoms with Gasteiger partial charge in [-0.2, -0.15) is 11.3 Å². The van der Waals surface area contributed by atoms with Gasteiger partial charge in [0.15, 0.2) is 5.96 Å². The van der Waals surface area contributed by atoms with Gasteiger partial charge in [0.05, 0.1) is 12.8 Å². The maximum atomic E-state index is 5.40. The third-order valence-corrected chi connectivity index (χ3v) is 5.39. The zero-order chi connectivity index (χ0) is 17.3. The summed E-state index contributed by atoms with van der Waals surface area (Å²) in [5.74, 6) is 1.89. The van der Waals surface area contributed by atoms with E-state index in [1.807, 2.05) is 12.1 Å². The first-order valence-electron chi connectivity index (χ1n) is 9.15.